The molecule has 4 nitrogen and oxygen atoms in total. The molecule has 0 atom stereocenters. The van der Waals surface area contributed by atoms with Gasteiger partial charge in [0.05, 0.1) is 17.1 Å². The van der Waals surface area contributed by atoms with E-state index in [0.29, 0.717) is 0 Å². The first kappa shape index (κ1) is 71.5. The molecule has 20 aromatic carbocycles. The van der Waals surface area contributed by atoms with Gasteiger partial charge in [-0.05, 0) is 205 Å². The molecule has 0 bridgehead atoms. The normalized spacial score (nSPS) is 12.5. The highest BCUT2D eigenvalue weighted by Crippen LogP contribution is 2.58. The van der Waals surface area contributed by atoms with Crippen molar-refractivity contribution in [3.05, 3.63) is 461 Å². The van der Waals surface area contributed by atoms with Gasteiger partial charge >= 0.3 is 13.7 Å². The van der Waals surface area contributed by atoms with Crippen LogP contribution in [-0.2, 0) is 0 Å². The van der Waals surface area contributed by atoms with Crippen molar-refractivity contribution in [2.45, 2.75) is 0 Å². The fourth-order valence-electron chi connectivity index (χ4n) is 22.0. The largest absolute Gasteiger partial charge is 0.375 e. The smallest absolute Gasteiger partial charge is 0.333 e. The lowest BCUT2D eigenvalue weighted by Crippen LogP contribution is -2.57. The molecule has 0 radical (unpaired) electrons. The molecule has 0 aliphatic carbocycles. The summed E-state index contributed by atoms with van der Waals surface area (Å²) in [6, 6.07) is 174. The van der Waals surface area contributed by atoms with Gasteiger partial charge in [-0.2, -0.15) is 0 Å². The van der Waals surface area contributed by atoms with Gasteiger partial charge < -0.3 is 18.8 Å². The zero-order valence-electron chi connectivity index (χ0n) is 68.8. The Morgan fingerprint density at radius 3 is 1.02 bits per heavy atom. The van der Waals surface area contributed by atoms with Gasteiger partial charge in [0.15, 0.2) is 0 Å². The van der Waals surface area contributed by atoms with Crippen molar-refractivity contribution >= 4 is 113 Å². The summed E-state index contributed by atoms with van der Waals surface area (Å²) in [4.78, 5) is 5.37. The standard InChI is InChI=1S/C120H76B2N4/c1-11-37-77(38-12-1)87-67-88(78-39-13-2-14-40-78)69-91(68-87)123-110-66-35-58-94-96-60-34-62-98-112-97(61-36-65-109(112)126(117(96)98)121(114(94)110)106-72-89(79-41-15-3-16-42-79)70-103(118(106)123)84-51-25-8-26-52-84)111-100(81-45-19-5-20-46-81)74-92(75-101(111)82-47-21-6-22-48-82)124-119-104(85-53-27-9-28-54-85)71-90(80-43-17-4-18-44-80)73-107(119)122-115-113(99-63-33-59-95-93-57-31-32-64-108(93)125(122)116(95)99)102(83-49-23-7-24-50-83)76-105(120(115)124)86-55-29-10-30-56-86/h1-76H. The van der Waals surface area contributed by atoms with Crippen LogP contribution in [0.5, 0.6) is 0 Å². The topological polar surface area (TPSA) is 16.3 Å². The highest BCUT2D eigenvalue weighted by atomic mass is 15.2. The van der Waals surface area contributed by atoms with Crippen LogP contribution in [-0.4, -0.2) is 22.7 Å². The van der Waals surface area contributed by atoms with E-state index in [1.165, 1.54) is 93.3 Å². The molecule has 0 N–H and O–H groups in total. The van der Waals surface area contributed by atoms with Crippen LogP contribution in [0.1, 0.15) is 0 Å². The van der Waals surface area contributed by atoms with Crippen molar-refractivity contribution in [2.75, 3.05) is 9.80 Å². The number of nitrogens with zero attached hydrogens (tertiary/aromatic N) is 4. The Labute approximate surface area is 732 Å². The second-order valence-corrected chi connectivity index (χ2v) is 34.0. The average molecular weight is 1600 g/mol. The van der Waals surface area contributed by atoms with E-state index in [9.17, 15) is 0 Å². The number of rotatable bonds is 13. The SMILES string of the molecule is c1ccc(-c2cc(-c3ccccc3)cc(N3c4cccc5c4B(c4cc(-c6ccccc6)cc(-c6ccccc6)c43)n3c4cccc(-c6c(-c7ccccc7)cc(N7c8c(cc(-c9ccccc9)cc8-c8ccccc8)B8c9c(c(-c%10ccccc%10)cc(-c%10ccccc%10)c97)-c7cccc9c%10ccccc%10n8c79)cc6-c6ccccc6)c4c4cccc-5c43)c2)cc1. The van der Waals surface area contributed by atoms with Gasteiger partial charge in [0, 0.05) is 88.5 Å². The first-order valence-electron chi connectivity index (χ1n) is 43.8. The minimum Gasteiger partial charge on any atom is -0.375 e. The number of benzene rings is 20. The molecule has 6 heteroatoms. The van der Waals surface area contributed by atoms with Gasteiger partial charge in [0.2, 0.25) is 0 Å². The molecule has 22 aromatic rings. The predicted molar refractivity (Wildman–Crippen MR) is 533 cm³/mol. The van der Waals surface area contributed by atoms with Crippen LogP contribution in [0.2, 0.25) is 0 Å². The number of fused-ring (bicyclic) bond motifs is 14. The van der Waals surface area contributed by atoms with Gasteiger partial charge in [-0.1, -0.05) is 394 Å². The van der Waals surface area contributed by atoms with Crippen LogP contribution >= 0.6 is 0 Å². The molecule has 2 aromatic heterocycles. The quantitative estimate of drug-likeness (QED) is 0.107. The number of para-hydroxylation sites is 3. The van der Waals surface area contributed by atoms with E-state index in [1.807, 2.05) is 0 Å². The van der Waals surface area contributed by atoms with Crippen LogP contribution in [0.4, 0.5) is 34.1 Å². The summed E-state index contributed by atoms with van der Waals surface area (Å²) in [5.41, 5.74) is 46.7. The molecule has 4 aliphatic heterocycles. The molecule has 26 rings (SSSR count). The van der Waals surface area contributed by atoms with Crippen LogP contribution in [0, 0.1) is 0 Å². The second-order valence-electron chi connectivity index (χ2n) is 34.0. The van der Waals surface area contributed by atoms with Crippen molar-refractivity contribution in [1.29, 1.82) is 0 Å². The van der Waals surface area contributed by atoms with Crippen LogP contribution in [0.15, 0.2) is 461 Å². The molecule has 126 heavy (non-hydrogen) atoms. The van der Waals surface area contributed by atoms with Crippen molar-refractivity contribution in [1.82, 2.24) is 8.96 Å². The summed E-state index contributed by atoms with van der Waals surface area (Å²) in [7, 11) is 0. The molecule has 0 saturated carbocycles. The lowest BCUT2D eigenvalue weighted by Gasteiger charge is -2.44. The van der Waals surface area contributed by atoms with Gasteiger partial charge in [-0.3, -0.25) is 0 Å². The highest BCUT2D eigenvalue weighted by Gasteiger charge is 2.49. The fraction of sp³-hybridized carbons (Fsp3) is 0. The first-order chi connectivity index (χ1) is 62.6. The van der Waals surface area contributed by atoms with E-state index >= 15 is 0 Å². The van der Waals surface area contributed by atoms with Gasteiger partial charge in [0.1, 0.15) is 0 Å². The molecule has 582 valence electrons. The summed E-state index contributed by atoms with van der Waals surface area (Å²) in [5, 5.41) is 4.89. The fourth-order valence-corrected chi connectivity index (χ4v) is 22.0. The Kier molecular flexibility index (Phi) is 16.3. The Morgan fingerprint density at radius 2 is 0.516 bits per heavy atom. The zero-order valence-corrected chi connectivity index (χ0v) is 68.8. The van der Waals surface area contributed by atoms with E-state index in [-0.39, 0.29) is 13.7 Å². The highest BCUT2D eigenvalue weighted by molar-refractivity contribution is 6.91. The van der Waals surface area contributed by atoms with Crippen molar-refractivity contribution in [3.63, 3.8) is 0 Å². The summed E-state index contributed by atoms with van der Waals surface area (Å²) < 4.78 is 5.51. The predicted octanol–water partition coefficient (Wildman–Crippen LogP) is 29.1. The summed E-state index contributed by atoms with van der Waals surface area (Å²) in [6.07, 6.45) is 0. The van der Waals surface area contributed by atoms with Crippen molar-refractivity contribution in [3.8, 4) is 145 Å². The first-order valence-corrected chi connectivity index (χ1v) is 43.8. The van der Waals surface area contributed by atoms with Crippen LogP contribution in [0.3, 0.4) is 0 Å². The van der Waals surface area contributed by atoms with Crippen LogP contribution in [0.25, 0.3) is 188 Å². The average Bonchev–Trinajstić information content (AvgIpc) is 1.32. The van der Waals surface area contributed by atoms with E-state index in [0.717, 1.165) is 151 Å². The molecule has 0 spiro atoms. The van der Waals surface area contributed by atoms with E-state index < -0.39 is 0 Å². The zero-order chi connectivity index (χ0) is 82.6. The minimum atomic E-state index is -0.311. The van der Waals surface area contributed by atoms with Gasteiger partial charge in [-0.25, -0.2) is 0 Å². The minimum absolute atomic E-state index is 0.302. The third-order valence-electron chi connectivity index (χ3n) is 27.2. The molecule has 0 unspecified atom stereocenters. The Hall–Kier alpha value is -16.3. The number of anilines is 6. The monoisotopic (exact) mass is 1590 g/mol. The summed E-state index contributed by atoms with van der Waals surface area (Å²) >= 11 is 0. The lowest BCUT2D eigenvalue weighted by atomic mass is 9.44. The van der Waals surface area contributed by atoms with E-state index in [2.05, 4.69) is 480 Å². The molecule has 0 saturated heterocycles. The van der Waals surface area contributed by atoms with Crippen molar-refractivity contribution in [2.24, 2.45) is 0 Å². The molecule has 0 amide bonds. The number of aromatic nitrogens is 2. The molecular weight excluding hydrogens is 1520 g/mol. The third kappa shape index (κ3) is 11.0. The van der Waals surface area contributed by atoms with Gasteiger partial charge in [-0.15, -0.1) is 0 Å². The lowest BCUT2D eigenvalue weighted by molar-refractivity contribution is 1.25. The second kappa shape index (κ2) is 28.7. The van der Waals surface area contributed by atoms with Crippen LogP contribution < -0.4 is 31.7 Å². The Morgan fingerprint density at radius 1 is 0.175 bits per heavy atom. The Bertz CT molecular complexity index is 8040. The van der Waals surface area contributed by atoms with E-state index in [4.69, 9.17) is 0 Å². The molecule has 6 heterocycles. The maximum Gasteiger partial charge on any atom is 0.333 e. The van der Waals surface area contributed by atoms with E-state index in [1.54, 1.807) is 0 Å². The third-order valence-corrected chi connectivity index (χ3v) is 27.2. The molecule has 4 aliphatic rings. The van der Waals surface area contributed by atoms with Gasteiger partial charge in [0.25, 0.3) is 0 Å². The number of hydrogen-bond donors (Lipinski definition) is 0. The summed E-state index contributed by atoms with van der Waals surface area (Å²) in [6.45, 7) is -0.613. The molecule has 0 fully saturated rings. The number of hydrogen-bond acceptors (Lipinski definition) is 2. The maximum absolute atomic E-state index is 2.77. The van der Waals surface area contributed by atoms with Crippen molar-refractivity contribution < 1.29 is 0 Å². The maximum atomic E-state index is 2.77. The summed E-state index contributed by atoms with van der Waals surface area (Å²) in [5.74, 6) is 0. The Balaban J connectivity index is 0.785. The molecular formula is C120H76B2N4.